The molecule has 1 aromatic rings. The zero-order valence-electron chi connectivity index (χ0n) is 12.7. The van der Waals surface area contributed by atoms with Gasteiger partial charge in [-0.1, -0.05) is 18.2 Å². The highest BCUT2D eigenvalue weighted by Crippen LogP contribution is 2.38. The van der Waals surface area contributed by atoms with Gasteiger partial charge in [-0.2, -0.15) is 0 Å². The lowest BCUT2D eigenvalue weighted by molar-refractivity contribution is -0.136. The predicted molar refractivity (Wildman–Crippen MR) is 87.7 cm³/mol. The largest absolute Gasteiger partial charge is 0.493 e. The molecule has 4 rings (SSSR count). The summed E-state index contributed by atoms with van der Waals surface area (Å²) >= 11 is 0. The predicted octanol–water partition coefficient (Wildman–Crippen LogP) is 2.33. The standard InChI is InChI=1S/C17H22N2O2.ClH/c20-17(19-12-5-6-13(19)11-18-9-7-12)15-8-10-21-16-4-2-1-3-14(15)16;/h1-4,12-13,15,18H,5-11H2;1H. The smallest absolute Gasteiger partial charge is 0.230 e. The average Bonchev–Trinajstić information content (AvgIpc) is 2.79. The van der Waals surface area contributed by atoms with Crippen molar-refractivity contribution in [1.82, 2.24) is 10.2 Å². The molecule has 0 saturated carbocycles. The number of carbonyl (C=O) groups is 1. The van der Waals surface area contributed by atoms with E-state index in [-0.39, 0.29) is 18.3 Å². The average molecular weight is 323 g/mol. The summed E-state index contributed by atoms with van der Waals surface area (Å²) in [4.78, 5) is 15.4. The summed E-state index contributed by atoms with van der Waals surface area (Å²) in [7, 11) is 0. The lowest BCUT2D eigenvalue weighted by Gasteiger charge is -2.34. The Balaban J connectivity index is 0.00000144. The van der Waals surface area contributed by atoms with Crippen LogP contribution in [0.15, 0.2) is 24.3 Å². The molecule has 22 heavy (non-hydrogen) atoms. The van der Waals surface area contributed by atoms with Crippen LogP contribution in [-0.2, 0) is 4.79 Å². The van der Waals surface area contributed by atoms with E-state index < -0.39 is 0 Å². The molecule has 0 aliphatic carbocycles. The lowest BCUT2D eigenvalue weighted by atomic mass is 9.91. The second kappa shape index (κ2) is 6.47. The molecule has 0 spiro atoms. The highest BCUT2D eigenvalue weighted by atomic mass is 35.5. The number of benzene rings is 1. The third-order valence-electron chi connectivity index (χ3n) is 5.17. The first-order valence-corrected chi connectivity index (χ1v) is 8.09. The number of hydrogen-bond donors (Lipinski definition) is 1. The lowest BCUT2D eigenvalue weighted by Crippen LogP contribution is -2.45. The summed E-state index contributed by atoms with van der Waals surface area (Å²) < 4.78 is 5.70. The fraction of sp³-hybridized carbons (Fsp3) is 0.588. The molecule has 1 aromatic carbocycles. The van der Waals surface area contributed by atoms with Gasteiger partial charge in [0.1, 0.15) is 5.75 Å². The Morgan fingerprint density at radius 2 is 1.95 bits per heavy atom. The van der Waals surface area contributed by atoms with Gasteiger partial charge in [0.2, 0.25) is 5.91 Å². The van der Waals surface area contributed by atoms with E-state index in [4.69, 9.17) is 4.74 Å². The SMILES string of the molecule is Cl.O=C(C1CCOc2ccccc21)N1C2CCNCC1CC2. The third kappa shape index (κ3) is 2.59. The van der Waals surface area contributed by atoms with Crippen molar-refractivity contribution in [3.8, 4) is 5.75 Å². The number of carbonyl (C=O) groups excluding carboxylic acids is 1. The third-order valence-corrected chi connectivity index (χ3v) is 5.17. The first-order chi connectivity index (χ1) is 10.3. The molecule has 3 atom stereocenters. The molecule has 3 unspecified atom stereocenters. The highest BCUT2D eigenvalue weighted by molar-refractivity contribution is 5.86. The molecule has 0 aromatic heterocycles. The maximum Gasteiger partial charge on any atom is 0.230 e. The van der Waals surface area contributed by atoms with Gasteiger partial charge in [-0.05, 0) is 38.3 Å². The number of hydrogen-bond acceptors (Lipinski definition) is 3. The molecule has 1 N–H and O–H groups in total. The van der Waals surface area contributed by atoms with Gasteiger partial charge in [0.15, 0.2) is 0 Å². The Morgan fingerprint density at radius 3 is 2.86 bits per heavy atom. The van der Waals surface area contributed by atoms with E-state index in [0.29, 0.717) is 24.6 Å². The number of nitrogens with zero attached hydrogens (tertiary/aromatic N) is 1. The Bertz CT molecular complexity index is 537. The molecule has 0 radical (unpaired) electrons. The zero-order chi connectivity index (χ0) is 14.2. The van der Waals surface area contributed by atoms with Gasteiger partial charge in [0.05, 0.1) is 12.5 Å². The van der Waals surface area contributed by atoms with Crippen LogP contribution in [0.25, 0.3) is 0 Å². The van der Waals surface area contributed by atoms with Crippen molar-refractivity contribution >= 4 is 18.3 Å². The summed E-state index contributed by atoms with van der Waals surface area (Å²) in [5.74, 6) is 1.19. The number of amides is 1. The first-order valence-electron chi connectivity index (χ1n) is 8.09. The van der Waals surface area contributed by atoms with Crippen LogP contribution in [-0.4, -0.2) is 42.6 Å². The molecule has 3 aliphatic heterocycles. The van der Waals surface area contributed by atoms with Gasteiger partial charge in [0, 0.05) is 24.2 Å². The molecule has 1 amide bonds. The van der Waals surface area contributed by atoms with Gasteiger partial charge in [-0.25, -0.2) is 0 Å². The fourth-order valence-electron chi connectivity index (χ4n) is 4.12. The molecule has 3 aliphatic rings. The molecule has 2 saturated heterocycles. The maximum atomic E-state index is 13.2. The molecular weight excluding hydrogens is 300 g/mol. The van der Waals surface area contributed by atoms with Crippen LogP contribution in [0.5, 0.6) is 5.75 Å². The Kier molecular flexibility index (Phi) is 4.59. The van der Waals surface area contributed by atoms with Crippen molar-refractivity contribution in [2.45, 2.75) is 43.7 Å². The van der Waals surface area contributed by atoms with Crippen molar-refractivity contribution in [2.24, 2.45) is 0 Å². The van der Waals surface area contributed by atoms with E-state index >= 15 is 0 Å². The second-order valence-corrected chi connectivity index (χ2v) is 6.35. The minimum atomic E-state index is -0.0175. The first kappa shape index (κ1) is 15.6. The van der Waals surface area contributed by atoms with Crippen molar-refractivity contribution in [3.63, 3.8) is 0 Å². The van der Waals surface area contributed by atoms with Crippen LogP contribution >= 0.6 is 12.4 Å². The van der Waals surface area contributed by atoms with Crippen molar-refractivity contribution < 1.29 is 9.53 Å². The molecular formula is C17H23ClN2O2. The summed E-state index contributed by atoms with van der Waals surface area (Å²) in [5, 5.41) is 3.47. The molecule has 4 nitrogen and oxygen atoms in total. The van der Waals surface area contributed by atoms with E-state index in [0.717, 1.165) is 43.7 Å². The summed E-state index contributed by atoms with van der Waals surface area (Å²) in [6, 6.07) is 8.84. The quantitative estimate of drug-likeness (QED) is 0.863. The minimum absolute atomic E-state index is 0. The van der Waals surface area contributed by atoms with Crippen LogP contribution in [0.4, 0.5) is 0 Å². The maximum absolute atomic E-state index is 13.2. The number of fused-ring (bicyclic) bond motifs is 3. The summed E-state index contributed by atoms with van der Waals surface area (Å²) in [6.45, 7) is 2.64. The second-order valence-electron chi connectivity index (χ2n) is 6.35. The van der Waals surface area contributed by atoms with Gasteiger partial charge in [0.25, 0.3) is 0 Å². The van der Waals surface area contributed by atoms with Crippen molar-refractivity contribution in [2.75, 3.05) is 19.7 Å². The molecule has 2 fully saturated rings. The monoisotopic (exact) mass is 322 g/mol. The minimum Gasteiger partial charge on any atom is -0.493 e. The molecule has 5 heteroatoms. The number of rotatable bonds is 1. The van der Waals surface area contributed by atoms with Crippen LogP contribution in [0.3, 0.4) is 0 Å². The van der Waals surface area contributed by atoms with E-state index in [1.54, 1.807) is 0 Å². The Labute approximate surface area is 137 Å². The van der Waals surface area contributed by atoms with Gasteiger partial charge in [-0.3, -0.25) is 4.79 Å². The van der Waals surface area contributed by atoms with Crippen LogP contribution < -0.4 is 10.1 Å². The Hall–Kier alpha value is -1.26. The summed E-state index contributed by atoms with van der Waals surface area (Å²) in [6.07, 6.45) is 4.21. The highest BCUT2D eigenvalue weighted by Gasteiger charge is 2.41. The van der Waals surface area contributed by atoms with Gasteiger partial charge < -0.3 is 15.0 Å². The van der Waals surface area contributed by atoms with Crippen LogP contribution in [0, 0.1) is 0 Å². The molecule has 2 bridgehead atoms. The van der Waals surface area contributed by atoms with E-state index in [9.17, 15) is 4.79 Å². The van der Waals surface area contributed by atoms with E-state index in [2.05, 4.69) is 16.3 Å². The van der Waals surface area contributed by atoms with Crippen LogP contribution in [0.2, 0.25) is 0 Å². The van der Waals surface area contributed by atoms with E-state index in [1.165, 1.54) is 6.42 Å². The summed E-state index contributed by atoms with van der Waals surface area (Å²) in [5.41, 5.74) is 1.07. The number of nitrogens with one attached hydrogen (secondary N) is 1. The number of para-hydroxylation sites is 1. The normalized spacial score (nSPS) is 29.8. The Morgan fingerprint density at radius 1 is 1.14 bits per heavy atom. The number of halogens is 1. The molecule has 3 heterocycles. The zero-order valence-corrected chi connectivity index (χ0v) is 13.5. The van der Waals surface area contributed by atoms with Crippen molar-refractivity contribution in [3.05, 3.63) is 29.8 Å². The number of ether oxygens (including phenoxy) is 1. The van der Waals surface area contributed by atoms with E-state index in [1.807, 2.05) is 18.2 Å². The molecule has 120 valence electrons. The fourth-order valence-corrected chi connectivity index (χ4v) is 4.12. The van der Waals surface area contributed by atoms with Crippen molar-refractivity contribution in [1.29, 1.82) is 0 Å². The van der Waals surface area contributed by atoms with Gasteiger partial charge >= 0.3 is 0 Å². The van der Waals surface area contributed by atoms with Gasteiger partial charge in [-0.15, -0.1) is 12.4 Å². The van der Waals surface area contributed by atoms with Crippen LogP contribution in [0.1, 0.15) is 37.2 Å². The topological polar surface area (TPSA) is 41.6 Å².